The molecule has 2 heterocycles. The number of nitrogens with one attached hydrogen (secondary N) is 2. The fourth-order valence-corrected chi connectivity index (χ4v) is 2.86. The molecule has 0 spiro atoms. The van der Waals surface area contributed by atoms with Gasteiger partial charge in [0.1, 0.15) is 11.9 Å². The summed E-state index contributed by atoms with van der Waals surface area (Å²) in [6.07, 6.45) is 3.18. The number of nitrogens with zero attached hydrogens (tertiary/aromatic N) is 4. The van der Waals surface area contributed by atoms with Crippen molar-refractivity contribution in [1.29, 1.82) is 0 Å². The van der Waals surface area contributed by atoms with Crippen LogP contribution in [0.4, 0.5) is 4.39 Å². The van der Waals surface area contributed by atoms with E-state index < -0.39 is 0 Å². The summed E-state index contributed by atoms with van der Waals surface area (Å²) >= 11 is 0. The molecule has 1 unspecified atom stereocenters. The number of hydrogen-bond donors (Lipinski definition) is 2. The van der Waals surface area contributed by atoms with Crippen LogP contribution in [-0.4, -0.2) is 46.3 Å². The van der Waals surface area contributed by atoms with E-state index in [0.29, 0.717) is 25.5 Å². The van der Waals surface area contributed by atoms with Crippen molar-refractivity contribution in [3.05, 3.63) is 60.3 Å². The van der Waals surface area contributed by atoms with Crippen LogP contribution >= 0.6 is 24.0 Å². The minimum atomic E-state index is -0.361. The second-order valence-corrected chi connectivity index (χ2v) is 6.52. The third-order valence-corrected chi connectivity index (χ3v) is 4.41. The fraction of sp³-hybridized carbons (Fsp3) is 0.381. The molecule has 0 aliphatic carbocycles. The van der Waals surface area contributed by atoms with E-state index in [-0.39, 0.29) is 41.6 Å². The summed E-state index contributed by atoms with van der Waals surface area (Å²) in [7, 11) is 0. The summed E-state index contributed by atoms with van der Waals surface area (Å²) in [4.78, 5) is 4.60. The number of para-hydroxylation sites is 1. The molecule has 0 bridgehead atoms. The molecular weight excluding hydrogens is 498 g/mol. The lowest BCUT2D eigenvalue weighted by atomic mass is 10.2. The Labute approximate surface area is 193 Å². The van der Waals surface area contributed by atoms with E-state index in [0.717, 1.165) is 24.4 Å². The van der Waals surface area contributed by atoms with Gasteiger partial charge in [0.2, 0.25) is 0 Å². The minimum Gasteiger partial charge on any atom is -0.485 e. The normalized spacial score (nSPS) is 12.3. The molecule has 0 radical (unpaired) electrons. The number of halogens is 2. The molecule has 0 fully saturated rings. The van der Waals surface area contributed by atoms with Crippen LogP contribution in [0.15, 0.2) is 53.7 Å². The maximum absolute atomic E-state index is 13.8. The lowest BCUT2D eigenvalue weighted by Crippen LogP contribution is -2.39. The number of guanidine groups is 1. The lowest BCUT2D eigenvalue weighted by Gasteiger charge is -2.17. The average Bonchev–Trinajstić information content (AvgIpc) is 3.15. The van der Waals surface area contributed by atoms with Crippen LogP contribution in [0.25, 0.3) is 5.65 Å². The Kier molecular flexibility index (Phi) is 9.78. The molecule has 1 aromatic carbocycles. The molecule has 2 aromatic heterocycles. The van der Waals surface area contributed by atoms with Gasteiger partial charge in [0, 0.05) is 25.7 Å². The zero-order valence-electron chi connectivity index (χ0n) is 17.2. The van der Waals surface area contributed by atoms with E-state index in [1.54, 1.807) is 18.2 Å². The first kappa shape index (κ1) is 23.8. The van der Waals surface area contributed by atoms with Gasteiger partial charge in [-0.2, -0.15) is 0 Å². The van der Waals surface area contributed by atoms with Gasteiger partial charge in [-0.05, 0) is 37.6 Å². The highest BCUT2D eigenvalue weighted by atomic mass is 127. The molecule has 30 heavy (non-hydrogen) atoms. The predicted molar refractivity (Wildman–Crippen MR) is 127 cm³/mol. The second-order valence-electron chi connectivity index (χ2n) is 6.52. The number of pyridine rings is 1. The summed E-state index contributed by atoms with van der Waals surface area (Å²) in [6, 6.07) is 12.3. The molecule has 3 aromatic rings. The summed E-state index contributed by atoms with van der Waals surface area (Å²) in [5.41, 5.74) is 0.833. The molecule has 0 aliphatic rings. The van der Waals surface area contributed by atoms with Crippen molar-refractivity contribution in [2.75, 3.05) is 19.6 Å². The van der Waals surface area contributed by atoms with E-state index in [9.17, 15) is 4.39 Å². The van der Waals surface area contributed by atoms with Crippen LogP contribution in [0.2, 0.25) is 0 Å². The molecular formula is C21H28FIN6O. The molecule has 1 atom stereocenters. The van der Waals surface area contributed by atoms with Crippen molar-refractivity contribution in [3.8, 4) is 5.75 Å². The third kappa shape index (κ3) is 6.54. The van der Waals surface area contributed by atoms with Gasteiger partial charge in [-0.1, -0.05) is 25.1 Å². The first-order valence-electron chi connectivity index (χ1n) is 9.93. The highest BCUT2D eigenvalue weighted by Crippen LogP contribution is 2.18. The zero-order valence-corrected chi connectivity index (χ0v) is 19.5. The highest BCUT2D eigenvalue weighted by molar-refractivity contribution is 14.0. The van der Waals surface area contributed by atoms with Crippen LogP contribution < -0.4 is 15.4 Å². The summed E-state index contributed by atoms with van der Waals surface area (Å²) in [5, 5.41) is 14.9. The van der Waals surface area contributed by atoms with Crippen LogP contribution in [0, 0.1) is 5.82 Å². The summed E-state index contributed by atoms with van der Waals surface area (Å²) < 4.78 is 21.6. The highest BCUT2D eigenvalue weighted by Gasteiger charge is 2.11. The Morgan fingerprint density at radius 2 is 1.93 bits per heavy atom. The van der Waals surface area contributed by atoms with Crippen LogP contribution in [0.1, 0.15) is 26.1 Å². The van der Waals surface area contributed by atoms with Crippen molar-refractivity contribution >= 4 is 35.6 Å². The topological polar surface area (TPSA) is 75.8 Å². The molecule has 9 heteroatoms. The predicted octanol–water partition coefficient (Wildman–Crippen LogP) is 3.44. The van der Waals surface area contributed by atoms with Gasteiger partial charge in [-0.15, -0.1) is 34.2 Å². The Hall–Kier alpha value is -2.43. The van der Waals surface area contributed by atoms with Gasteiger partial charge in [0.05, 0.1) is 6.54 Å². The first-order chi connectivity index (χ1) is 14.2. The van der Waals surface area contributed by atoms with Crippen molar-refractivity contribution in [1.82, 2.24) is 25.2 Å². The van der Waals surface area contributed by atoms with Crippen molar-refractivity contribution < 1.29 is 9.13 Å². The maximum Gasteiger partial charge on any atom is 0.191 e. The maximum atomic E-state index is 13.8. The minimum absolute atomic E-state index is 0. The quantitative estimate of drug-likeness (QED) is 0.254. The van der Waals surface area contributed by atoms with Crippen molar-refractivity contribution in [3.63, 3.8) is 0 Å². The van der Waals surface area contributed by atoms with E-state index in [2.05, 4.69) is 25.8 Å². The fourth-order valence-electron chi connectivity index (χ4n) is 2.86. The number of rotatable bonds is 9. The lowest BCUT2D eigenvalue weighted by molar-refractivity contribution is 0.196. The molecule has 3 rings (SSSR count). The molecule has 0 saturated carbocycles. The number of aliphatic imine (C=N–C) groups is 1. The van der Waals surface area contributed by atoms with Crippen LogP contribution in [0.3, 0.4) is 0 Å². The average molecular weight is 526 g/mol. The molecule has 0 saturated heterocycles. The van der Waals surface area contributed by atoms with Crippen LogP contribution in [0.5, 0.6) is 5.75 Å². The number of benzene rings is 1. The van der Waals surface area contributed by atoms with Gasteiger partial charge < -0.3 is 15.4 Å². The first-order valence-corrected chi connectivity index (χ1v) is 9.93. The van der Waals surface area contributed by atoms with Gasteiger partial charge in [0.25, 0.3) is 0 Å². The van der Waals surface area contributed by atoms with E-state index >= 15 is 0 Å². The molecule has 0 aliphatic heterocycles. The zero-order chi connectivity index (χ0) is 20.5. The Bertz CT molecular complexity index is 948. The van der Waals surface area contributed by atoms with E-state index in [4.69, 9.17) is 4.74 Å². The van der Waals surface area contributed by atoms with Crippen molar-refractivity contribution in [2.45, 2.75) is 32.8 Å². The molecule has 162 valence electrons. The summed E-state index contributed by atoms with van der Waals surface area (Å²) in [5.74, 6) is 1.47. The SMILES string of the molecule is CCNC(=NCC(CC)Oc1ccccc1F)NCCc1nnc2ccccn12.I. The largest absolute Gasteiger partial charge is 0.485 e. The van der Waals surface area contributed by atoms with E-state index in [1.165, 1.54) is 6.07 Å². The van der Waals surface area contributed by atoms with Gasteiger partial charge in [0.15, 0.2) is 23.2 Å². The second kappa shape index (κ2) is 12.3. The van der Waals surface area contributed by atoms with Crippen LogP contribution in [-0.2, 0) is 6.42 Å². The number of ether oxygens (including phenoxy) is 1. The Balaban J connectivity index is 0.00000320. The van der Waals surface area contributed by atoms with Crippen molar-refractivity contribution in [2.24, 2.45) is 4.99 Å². The van der Waals surface area contributed by atoms with Gasteiger partial charge >= 0.3 is 0 Å². The standard InChI is InChI=1S/C21H27FN6O.HI/c1-3-16(29-18-10-6-5-9-17(18)22)15-25-21(23-4-2)24-13-12-20-27-26-19-11-7-8-14-28(19)20;/h5-11,14,16H,3-4,12-13,15H2,1-2H3,(H2,23,24,25);1H. The Morgan fingerprint density at radius 3 is 2.70 bits per heavy atom. The smallest absolute Gasteiger partial charge is 0.191 e. The number of aromatic nitrogens is 3. The van der Waals surface area contributed by atoms with Gasteiger partial charge in [-0.3, -0.25) is 4.40 Å². The molecule has 7 nitrogen and oxygen atoms in total. The summed E-state index contributed by atoms with van der Waals surface area (Å²) in [6.45, 7) is 5.83. The molecule has 0 amide bonds. The number of fused-ring (bicyclic) bond motifs is 1. The van der Waals surface area contributed by atoms with Gasteiger partial charge in [-0.25, -0.2) is 9.38 Å². The van der Waals surface area contributed by atoms with E-state index in [1.807, 2.05) is 42.6 Å². The Morgan fingerprint density at radius 1 is 1.13 bits per heavy atom. The number of hydrogen-bond acceptors (Lipinski definition) is 4. The monoisotopic (exact) mass is 526 g/mol. The molecule has 2 N–H and O–H groups in total. The third-order valence-electron chi connectivity index (χ3n) is 4.41.